The number of phenolic OH excluding ortho intramolecular Hbond substituents is 1. The SMILES string of the molecule is CC(C)C(NC(=O)C(CCC(N)=O)NC(=O)C(Cc1ccc(O)cc1)NC(=O)C(N)CCC(N)=O)C(=O)O. The highest BCUT2D eigenvalue weighted by Gasteiger charge is 2.31. The van der Waals surface area contributed by atoms with Crippen molar-refractivity contribution in [2.24, 2.45) is 23.1 Å². The van der Waals surface area contributed by atoms with Crippen LogP contribution in [0.1, 0.15) is 45.1 Å². The van der Waals surface area contributed by atoms with E-state index in [0.29, 0.717) is 5.56 Å². The topological polar surface area (TPSA) is 257 Å². The maximum atomic E-state index is 13.2. The molecule has 0 spiro atoms. The van der Waals surface area contributed by atoms with E-state index in [0.717, 1.165) is 0 Å². The molecule has 0 aliphatic carbocycles. The molecule has 38 heavy (non-hydrogen) atoms. The van der Waals surface area contributed by atoms with E-state index in [-0.39, 0.29) is 37.9 Å². The number of nitrogens with one attached hydrogen (secondary N) is 3. The maximum Gasteiger partial charge on any atom is 0.326 e. The highest BCUT2D eigenvalue weighted by molar-refractivity contribution is 5.94. The minimum atomic E-state index is -1.35. The van der Waals surface area contributed by atoms with Gasteiger partial charge in [-0.15, -0.1) is 0 Å². The quantitative estimate of drug-likeness (QED) is 0.116. The number of amides is 5. The van der Waals surface area contributed by atoms with Gasteiger partial charge in [0.15, 0.2) is 0 Å². The number of carboxylic acids is 1. The first-order chi connectivity index (χ1) is 17.7. The van der Waals surface area contributed by atoms with Crippen LogP contribution in [-0.2, 0) is 35.2 Å². The summed E-state index contributed by atoms with van der Waals surface area (Å²) in [6.07, 6.45) is -0.808. The predicted molar refractivity (Wildman–Crippen MR) is 135 cm³/mol. The molecule has 1 aromatic rings. The number of carbonyl (C=O) groups excluding carboxylic acids is 5. The van der Waals surface area contributed by atoms with Gasteiger partial charge in [-0.1, -0.05) is 26.0 Å². The molecular formula is C24H36N6O8. The average molecular weight is 537 g/mol. The number of aliphatic carboxylic acids is 1. The van der Waals surface area contributed by atoms with Gasteiger partial charge < -0.3 is 43.4 Å². The number of aromatic hydroxyl groups is 1. The second kappa shape index (κ2) is 15.1. The first-order valence-electron chi connectivity index (χ1n) is 11.9. The second-order valence-electron chi connectivity index (χ2n) is 9.18. The smallest absolute Gasteiger partial charge is 0.326 e. The molecule has 210 valence electrons. The van der Waals surface area contributed by atoms with Crippen LogP contribution in [0.25, 0.3) is 0 Å². The summed E-state index contributed by atoms with van der Waals surface area (Å²) in [5.41, 5.74) is 16.6. The van der Waals surface area contributed by atoms with Crippen LogP contribution in [0.15, 0.2) is 24.3 Å². The third kappa shape index (κ3) is 11.2. The zero-order chi connectivity index (χ0) is 29.0. The van der Waals surface area contributed by atoms with Crippen molar-refractivity contribution in [3.63, 3.8) is 0 Å². The van der Waals surface area contributed by atoms with Crippen LogP contribution in [0.4, 0.5) is 0 Å². The highest BCUT2D eigenvalue weighted by Crippen LogP contribution is 2.12. The minimum absolute atomic E-state index is 0.0198. The van der Waals surface area contributed by atoms with Crippen molar-refractivity contribution in [3.05, 3.63) is 29.8 Å². The Morgan fingerprint density at radius 1 is 0.789 bits per heavy atom. The zero-order valence-corrected chi connectivity index (χ0v) is 21.3. The zero-order valence-electron chi connectivity index (χ0n) is 21.3. The van der Waals surface area contributed by atoms with E-state index in [4.69, 9.17) is 17.2 Å². The summed E-state index contributed by atoms with van der Waals surface area (Å²) in [5, 5.41) is 26.2. The van der Waals surface area contributed by atoms with Crippen molar-refractivity contribution >= 4 is 35.5 Å². The molecule has 0 aromatic heterocycles. The van der Waals surface area contributed by atoms with Crippen molar-refractivity contribution in [1.82, 2.24) is 16.0 Å². The van der Waals surface area contributed by atoms with Gasteiger partial charge in [-0.05, 0) is 36.5 Å². The summed E-state index contributed by atoms with van der Waals surface area (Å²) >= 11 is 0. The third-order valence-corrected chi connectivity index (χ3v) is 5.59. The molecule has 0 bridgehead atoms. The average Bonchev–Trinajstić information content (AvgIpc) is 2.83. The first kappa shape index (κ1) is 31.8. The minimum Gasteiger partial charge on any atom is -0.508 e. The van der Waals surface area contributed by atoms with E-state index in [1.807, 2.05) is 0 Å². The Morgan fingerprint density at radius 3 is 1.79 bits per heavy atom. The van der Waals surface area contributed by atoms with E-state index >= 15 is 0 Å². The summed E-state index contributed by atoms with van der Waals surface area (Å²) in [6, 6.07) is 0.769. The molecule has 0 heterocycles. The number of phenols is 1. The Bertz CT molecular complexity index is 1010. The van der Waals surface area contributed by atoms with E-state index in [2.05, 4.69) is 16.0 Å². The lowest BCUT2D eigenvalue weighted by Gasteiger charge is -2.26. The lowest BCUT2D eigenvalue weighted by Crippen LogP contribution is -2.58. The number of hydrogen-bond acceptors (Lipinski definition) is 8. The van der Waals surface area contributed by atoms with Crippen molar-refractivity contribution in [3.8, 4) is 5.75 Å². The Labute approximate surface area is 219 Å². The molecule has 0 fully saturated rings. The number of benzene rings is 1. The van der Waals surface area contributed by atoms with Crippen LogP contribution >= 0.6 is 0 Å². The number of carboxylic acid groups (broad SMARTS) is 1. The molecule has 0 aliphatic heterocycles. The van der Waals surface area contributed by atoms with Gasteiger partial charge >= 0.3 is 5.97 Å². The van der Waals surface area contributed by atoms with Crippen LogP contribution in [0.2, 0.25) is 0 Å². The molecule has 1 aromatic carbocycles. The highest BCUT2D eigenvalue weighted by atomic mass is 16.4. The summed E-state index contributed by atoms with van der Waals surface area (Å²) in [7, 11) is 0. The van der Waals surface area contributed by atoms with E-state index in [1.54, 1.807) is 13.8 Å². The van der Waals surface area contributed by atoms with Crippen LogP contribution in [0.3, 0.4) is 0 Å². The summed E-state index contributed by atoms with van der Waals surface area (Å²) in [4.78, 5) is 72.7. The van der Waals surface area contributed by atoms with Gasteiger partial charge in [0, 0.05) is 19.3 Å². The van der Waals surface area contributed by atoms with Crippen molar-refractivity contribution < 1.29 is 39.0 Å². The second-order valence-corrected chi connectivity index (χ2v) is 9.18. The molecule has 0 saturated carbocycles. The summed E-state index contributed by atoms with van der Waals surface area (Å²) < 4.78 is 0. The monoisotopic (exact) mass is 536 g/mol. The molecule has 14 heteroatoms. The van der Waals surface area contributed by atoms with Gasteiger partial charge in [0.2, 0.25) is 29.5 Å². The number of nitrogens with two attached hydrogens (primary N) is 3. The van der Waals surface area contributed by atoms with E-state index in [9.17, 15) is 39.0 Å². The Kier molecular flexibility index (Phi) is 12.7. The molecular weight excluding hydrogens is 500 g/mol. The number of primary amides is 2. The van der Waals surface area contributed by atoms with Crippen LogP contribution in [0.5, 0.6) is 5.75 Å². The lowest BCUT2D eigenvalue weighted by molar-refractivity contribution is -0.143. The van der Waals surface area contributed by atoms with Gasteiger partial charge in [-0.25, -0.2) is 4.79 Å². The molecule has 4 unspecified atom stereocenters. The number of carbonyl (C=O) groups is 6. The van der Waals surface area contributed by atoms with Crippen LogP contribution in [0, 0.1) is 5.92 Å². The van der Waals surface area contributed by atoms with E-state index in [1.165, 1.54) is 24.3 Å². The van der Waals surface area contributed by atoms with Gasteiger partial charge in [-0.2, -0.15) is 0 Å². The summed E-state index contributed by atoms with van der Waals surface area (Å²) in [5.74, 6) is -5.62. The Hall–Kier alpha value is -4.20. The molecule has 4 atom stereocenters. The van der Waals surface area contributed by atoms with Crippen molar-refractivity contribution in [2.45, 2.75) is 70.1 Å². The van der Waals surface area contributed by atoms with Crippen molar-refractivity contribution in [1.29, 1.82) is 0 Å². The molecule has 11 N–H and O–H groups in total. The number of hydrogen-bond donors (Lipinski definition) is 8. The maximum absolute atomic E-state index is 13.2. The standard InChI is InChI=1S/C24H36N6O8/c1-12(2)20(24(37)38)30-22(35)16(8-10-19(27)33)28-23(36)17(11-13-3-5-14(31)6-4-13)29-21(34)15(25)7-9-18(26)32/h3-6,12,15-17,20,31H,7-11,25H2,1-2H3,(H2,26,32)(H2,27,33)(H,28,36)(H,29,34)(H,30,35)(H,37,38). The molecule has 0 aliphatic rings. The Morgan fingerprint density at radius 2 is 1.29 bits per heavy atom. The van der Waals surface area contributed by atoms with Gasteiger partial charge in [-0.3, -0.25) is 24.0 Å². The van der Waals surface area contributed by atoms with Crippen LogP contribution < -0.4 is 33.2 Å². The predicted octanol–water partition coefficient (Wildman–Crippen LogP) is -2.01. The van der Waals surface area contributed by atoms with Crippen LogP contribution in [-0.4, -0.2) is 69.9 Å². The molecule has 0 radical (unpaired) electrons. The van der Waals surface area contributed by atoms with Gasteiger partial charge in [0.05, 0.1) is 6.04 Å². The molecule has 14 nitrogen and oxygen atoms in total. The molecule has 1 rings (SSSR count). The van der Waals surface area contributed by atoms with E-state index < -0.39 is 65.6 Å². The van der Waals surface area contributed by atoms with Gasteiger partial charge in [0.25, 0.3) is 0 Å². The molecule has 0 saturated heterocycles. The third-order valence-electron chi connectivity index (χ3n) is 5.59. The fourth-order valence-corrected chi connectivity index (χ4v) is 3.38. The number of rotatable bonds is 16. The molecule has 5 amide bonds. The normalized spacial score (nSPS) is 14.0. The Balaban J connectivity index is 3.16. The van der Waals surface area contributed by atoms with Gasteiger partial charge in [0.1, 0.15) is 23.9 Å². The fourth-order valence-electron chi connectivity index (χ4n) is 3.38. The fraction of sp³-hybridized carbons (Fsp3) is 0.500. The lowest BCUT2D eigenvalue weighted by atomic mass is 10.0. The summed E-state index contributed by atoms with van der Waals surface area (Å²) in [6.45, 7) is 3.17. The largest absolute Gasteiger partial charge is 0.508 e. The first-order valence-corrected chi connectivity index (χ1v) is 11.9. The van der Waals surface area contributed by atoms with Crippen molar-refractivity contribution in [2.75, 3.05) is 0 Å².